The number of fused-ring (bicyclic) bond motifs is 1. The zero-order valence-electron chi connectivity index (χ0n) is 14.1. The fourth-order valence-corrected chi connectivity index (χ4v) is 3.34. The van der Waals surface area contributed by atoms with Gasteiger partial charge in [0.25, 0.3) is 0 Å². The molecule has 0 aliphatic heterocycles. The first kappa shape index (κ1) is 15.9. The molecule has 0 saturated carbocycles. The summed E-state index contributed by atoms with van der Waals surface area (Å²) in [7, 11) is 0. The van der Waals surface area contributed by atoms with Crippen LogP contribution in [-0.2, 0) is 0 Å². The molecule has 25 heavy (non-hydrogen) atoms. The Kier molecular flexibility index (Phi) is 4.06. The van der Waals surface area contributed by atoms with Crippen LogP contribution >= 0.6 is 15.9 Å². The molecule has 0 bridgehead atoms. The third-order valence-electron chi connectivity index (χ3n) is 4.28. The van der Waals surface area contributed by atoms with Crippen LogP contribution in [0.4, 0.5) is 11.5 Å². The molecule has 0 aliphatic rings. The molecule has 4 heteroatoms. The Hall–Kier alpha value is -2.59. The molecule has 3 nitrogen and oxygen atoms in total. The summed E-state index contributed by atoms with van der Waals surface area (Å²) in [5.74, 6) is 0.974. The van der Waals surface area contributed by atoms with E-state index in [1.54, 1.807) is 0 Å². The number of nitrogens with one attached hydrogen (secondary N) is 1. The minimum atomic E-state index is 0.936. The number of imidazole rings is 1. The molecule has 0 aliphatic carbocycles. The monoisotopic (exact) mass is 391 g/mol. The molecule has 0 saturated heterocycles. The third-order valence-corrected chi connectivity index (χ3v) is 4.77. The van der Waals surface area contributed by atoms with Gasteiger partial charge in [-0.05, 0) is 55.3 Å². The Bertz CT molecular complexity index is 1070. The van der Waals surface area contributed by atoms with Crippen molar-refractivity contribution in [3.8, 4) is 11.3 Å². The van der Waals surface area contributed by atoms with E-state index < -0.39 is 0 Å². The maximum atomic E-state index is 4.89. The summed E-state index contributed by atoms with van der Waals surface area (Å²) in [6, 6.07) is 20.7. The van der Waals surface area contributed by atoms with Crippen molar-refractivity contribution in [2.75, 3.05) is 5.32 Å². The number of rotatable bonds is 3. The molecule has 2 heterocycles. The molecule has 2 aromatic carbocycles. The van der Waals surface area contributed by atoms with Crippen LogP contribution in [0.1, 0.15) is 11.1 Å². The van der Waals surface area contributed by atoms with Gasteiger partial charge >= 0.3 is 0 Å². The van der Waals surface area contributed by atoms with Gasteiger partial charge in [-0.3, -0.25) is 4.40 Å². The average Bonchev–Trinajstić information content (AvgIpc) is 2.94. The molecule has 0 radical (unpaired) electrons. The molecule has 124 valence electrons. The molecule has 4 rings (SSSR count). The van der Waals surface area contributed by atoms with Gasteiger partial charge in [0.1, 0.15) is 17.2 Å². The summed E-state index contributed by atoms with van der Waals surface area (Å²) < 4.78 is 3.15. The molecule has 0 spiro atoms. The van der Waals surface area contributed by atoms with E-state index in [0.717, 1.165) is 32.9 Å². The fraction of sp³-hybridized carbons (Fsp3) is 0.0952. The highest BCUT2D eigenvalue weighted by Gasteiger charge is 2.15. The second-order valence-electron chi connectivity index (χ2n) is 6.19. The smallest absolute Gasteiger partial charge is 0.143 e. The molecular formula is C21H18BrN3. The minimum Gasteiger partial charge on any atom is -0.339 e. The van der Waals surface area contributed by atoms with E-state index in [9.17, 15) is 0 Å². The minimum absolute atomic E-state index is 0.936. The summed E-state index contributed by atoms with van der Waals surface area (Å²) in [4.78, 5) is 4.89. The topological polar surface area (TPSA) is 29.3 Å². The van der Waals surface area contributed by atoms with Crippen molar-refractivity contribution in [3.63, 3.8) is 0 Å². The number of para-hydroxylation sites is 1. The second kappa shape index (κ2) is 6.37. The van der Waals surface area contributed by atoms with Crippen molar-refractivity contribution in [1.29, 1.82) is 0 Å². The number of pyridine rings is 1. The number of aryl methyl sites for hydroxylation is 2. The lowest BCUT2D eigenvalue weighted by Gasteiger charge is -2.11. The molecule has 2 aromatic heterocycles. The number of nitrogens with zero attached hydrogens (tertiary/aromatic N) is 2. The third kappa shape index (κ3) is 3.05. The van der Waals surface area contributed by atoms with Crippen molar-refractivity contribution in [2.45, 2.75) is 13.8 Å². The standard InChI is InChI=1S/C21H18BrN3/c1-14-10-11-25-19(12-14)24-20(16-7-5-8-17(22)13-16)21(25)23-18-9-4-3-6-15(18)2/h3-13,23H,1-2H3. The van der Waals surface area contributed by atoms with E-state index in [1.165, 1.54) is 11.1 Å². The quantitative estimate of drug-likeness (QED) is 0.455. The summed E-state index contributed by atoms with van der Waals surface area (Å²) in [5.41, 5.74) is 6.43. The molecule has 4 aromatic rings. The first-order valence-corrected chi connectivity index (χ1v) is 8.98. The van der Waals surface area contributed by atoms with Gasteiger partial charge in [-0.1, -0.05) is 46.3 Å². The van der Waals surface area contributed by atoms with E-state index in [-0.39, 0.29) is 0 Å². The fourth-order valence-electron chi connectivity index (χ4n) is 2.94. The SMILES string of the molecule is Cc1ccn2c(Nc3ccccc3C)c(-c3cccc(Br)c3)nc2c1. The van der Waals surface area contributed by atoms with Crippen LogP contribution in [0.15, 0.2) is 71.3 Å². The predicted molar refractivity (Wildman–Crippen MR) is 108 cm³/mol. The van der Waals surface area contributed by atoms with Gasteiger partial charge in [-0.25, -0.2) is 4.98 Å². The van der Waals surface area contributed by atoms with Gasteiger partial charge < -0.3 is 5.32 Å². The Labute approximate surface area is 155 Å². The van der Waals surface area contributed by atoms with Gasteiger partial charge in [0.05, 0.1) is 0 Å². The number of aromatic nitrogens is 2. The van der Waals surface area contributed by atoms with Crippen molar-refractivity contribution in [1.82, 2.24) is 9.38 Å². The average molecular weight is 392 g/mol. The second-order valence-corrected chi connectivity index (χ2v) is 7.11. The van der Waals surface area contributed by atoms with Gasteiger partial charge in [-0.2, -0.15) is 0 Å². The van der Waals surface area contributed by atoms with Gasteiger partial charge in [0, 0.05) is 21.9 Å². The molecule has 0 atom stereocenters. The van der Waals surface area contributed by atoms with Gasteiger partial charge in [0.2, 0.25) is 0 Å². The molecule has 0 unspecified atom stereocenters. The van der Waals surface area contributed by atoms with Crippen molar-refractivity contribution in [3.05, 3.63) is 82.5 Å². The van der Waals surface area contributed by atoms with Crippen LogP contribution in [0.2, 0.25) is 0 Å². The Balaban J connectivity index is 1.94. The molecule has 1 N–H and O–H groups in total. The van der Waals surface area contributed by atoms with Crippen LogP contribution in [0, 0.1) is 13.8 Å². The number of halogens is 1. The number of hydrogen-bond donors (Lipinski definition) is 1. The van der Waals surface area contributed by atoms with Crippen LogP contribution in [-0.4, -0.2) is 9.38 Å². The zero-order valence-corrected chi connectivity index (χ0v) is 15.7. The lowest BCUT2D eigenvalue weighted by molar-refractivity contribution is 1.17. The van der Waals surface area contributed by atoms with Gasteiger partial charge in [-0.15, -0.1) is 0 Å². The highest BCUT2D eigenvalue weighted by Crippen LogP contribution is 2.33. The maximum Gasteiger partial charge on any atom is 0.143 e. The van der Waals surface area contributed by atoms with E-state index in [1.807, 2.05) is 24.3 Å². The van der Waals surface area contributed by atoms with E-state index in [4.69, 9.17) is 4.98 Å². The highest BCUT2D eigenvalue weighted by molar-refractivity contribution is 9.10. The Morgan fingerprint density at radius 2 is 1.80 bits per heavy atom. The van der Waals surface area contributed by atoms with Crippen molar-refractivity contribution in [2.24, 2.45) is 0 Å². The molecular weight excluding hydrogens is 374 g/mol. The zero-order chi connectivity index (χ0) is 17.4. The van der Waals surface area contributed by atoms with E-state index >= 15 is 0 Å². The van der Waals surface area contributed by atoms with Crippen LogP contribution < -0.4 is 5.32 Å². The van der Waals surface area contributed by atoms with Crippen molar-refractivity contribution < 1.29 is 0 Å². The number of anilines is 2. The lowest BCUT2D eigenvalue weighted by atomic mass is 10.1. The Morgan fingerprint density at radius 3 is 2.60 bits per heavy atom. The first-order valence-electron chi connectivity index (χ1n) is 8.19. The number of benzene rings is 2. The summed E-state index contributed by atoms with van der Waals surface area (Å²) in [6.45, 7) is 4.19. The maximum absolute atomic E-state index is 4.89. The molecule has 0 fully saturated rings. The highest BCUT2D eigenvalue weighted by atomic mass is 79.9. The van der Waals surface area contributed by atoms with Crippen LogP contribution in [0.25, 0.3) is 16.9 Å². The van der Waals surface area contributed by atoms with Crippen LogP contribution in [0.3, 0.4) is 0 Å². The van der Waals surface area contributed by atoms with E-state index in [2.05, 4.69) is 82.1 Å². The first-order chi connectivity index (χ1) is 12.1. The van der Waals surface area contributed by atoms with Gasteiger partial charge in [0.15, 0.2) is 0 Å². The number of hydrogen-bond acceptors (Lipinski definition) is 2. The summed E-state index contributed by atoms with van der Waals surface area (Å²) in [5, 5.41) is 3.59. The largest absolute Gasteiger partial charge is 0.339 e. The van der Waals surface area contributed by atoms with Crippen molar-refractivity contribution >= 4 is 33.1 Å². The van der Waals surface area contributed by atoms with Crippen LogP contribution in [0.5, 0.6) is 0 Å². The molecule has 0 amide bonds. The summed E-state index contributed by atoms with van der Waals surface area (Å²) >= 11 is 3.56. The lowest BCUT2D eigenvalue weighted by Crippen LogP contribution is -1.98. The normalized spacial score (nSPS) is 11.0. The van der Waals surface area contributed by atoms with E-state index in [0.29, 0.717) is 0 Å². The Morgan fingerprint density at radius 1 is 0.960 bits per heavy atom. The predicted octanol–water partition coefficient (Wildman–Crippen LogP) is 6.12. The summed E-state index contributed by atoms with van der Waals surface area (Å²) in [6.07, 6.45) is 2.07.